The van der Waals surface area contributed by atoms with Crippen molar-refractivity contribution >= 4 is 50.8 Å². The molecule has 1 aromatic heterocycles. The Balaban J connectivity index is 1.27. The van der Waals surface area contributed by atoms with Crippen molar-refractivity contribution < 1.29 is 9.59 Å². The van der Waals surface area contributed by atoms with Gasteiger partial charge in [0, 0.05) is 18.7 Å². The number of thioether (sulfide) groups is 1. The molecule has 0 aliphatic rings. The van der Waals surface area contributed by atoms with Crippen LogP contribution in [-0.4, -0.2) is 22.6 Å². The summed E-state index contributed by atoms with van der Waals surface area (Å²) in [6.45, 7) is 0.521. The molecule has 32 heavy (non-hydrogen) atoms. The maximum absolute atomic E-state index is 12.3. The first kappa shape index (κ1) is 22.0. The Kier molecular flexibility index (Phi) is 7.53. The molecular formula is C25H23N3O2S2. The van der Waals surface area contributed by atoms with Crippen LogP contribution in [0.1, 0.15) is 17.5 Å². The number of hydrogen-bond acceptors (Lipinski definition) is 5. The maximum atomic E-state index is 12.3. The highest BCUT2D eigenvalue weighted by atomic mass is 32.2. The zero-order valence-corrected chi connectivity index (χ0v) is 19.0. The van der Waals surface area contributed by atoms with Gasteiger partial charge in [0.1, 0.15) is 0 Å². The van der Waals surface area contributed by atoms with E-state index in [-0.39, 0.29) is 11.8 Å². The lowest BCUT2D eigenvalue weighted by atomic mass is 10.1. The van der Waals surface area contributed by atoms with Crippen LogP contribution < -0.4 is 10.6 Å². The number of benzene rings is 3. The average Bonchev–Trinajstić information content (AvgIpc) is 3.24. The molecule has 1 heterocycles. The predicted octanol–water partition coefficient (Wildman–Crippen LogP) is 5.28. The normalized spacial score (nSPS) is 10.8. The Morgan fingerprint density at radius 2 is 1.59 bits per heavy atom. The average molecular weight is 462 g/mol. The highest BCUT2D eigenvalue weighted by molar-refractivity contribution is 8.01. The molecule has 7 heteroatoms. The van der Waals surface area contributed by atoms with Crippen LogP contribution in [0.25, 0.3) is 10.2 Å². The van der Waals surface area contributed by atoms with Gasteiger partial charge < -0.3 is 10.6 Å². The summed E-state index contributed by atoms with van der Waals surface area (Å²) in [6, 6.07) is 25.5. The molecule has 4 aromatic rings. The summed E-state index contributed by atoms with van der Waals surface area (Å²) < 4.78 is 1.82. The summed E-state index contributed by atoms with van der Waals surface area (Å²) in [4.78, 5) is 29.0. The summed E-state index contributed by atoms with van der Waals surface area (Å²) >= 11 is 2.95. The first-order valence-corrected chi connectivity index (χ1v) is 12.1. The van der Waals surface area contributed by atoms with Crippen LogP contribution in [0.4, 0.5) is 5.69 Å². The highest BCUT2D eigenvalue weighted by Gasteiger charge is 2.10. The molecule has 0 aliphatic heterocycles. The standard InChI is InChI=1S/C25H23N3O2S2/c29-23(14-11-18-7-3-1-4-8-18)27-20-12-13-21-22(15-20)32-25(28-21)31-17-24(30)26-16-19-9-5-2-6-10-19/h1-10,12-13,15H,11,14,16-17H2,(H,26,30)(H,27,29). The van der Waals surface area contributed by atoms with E-state index in [1.54, 1.807) is 0 Å². The van der Waals surface area contributed by atoms with E-state index in [0.717, 1.165) is 31.4 Å². The fourth-order valence-corrected chi connectivity index (χ4v) is 5.08. The van der Waals surface area contributed by atoms with Crippen molar-refractivity contribution in [3.8, 4) is 0 Å². The van der Waals surface area contributed by atoms with Crippen LogP contribution in [0.3, 0.4) is 0 Å². The maximum Gasteiger partial charge on any atom is 0.230 e. The van der Waals surface area contributed by atoms with E-state index < -0.39 is 0 Å². The van der Waals surface area contributed by atoms with E-state index in [4.69, 9.17) is 0 Å². The van der Waals surface area contributed by atoms with Crippen molar-refractivity contribution in [1.29, 1.82) is 0 Å². The van der Waals surface area contributed by atoms with Gasteiger partial charge in [-0.15, -0.1) is 11.3 Å². The topological polar surface area (TPSA) is 71.1 Å². The summed E-state index contributed by atoms with van der Waals surface area (Å²) in [5, 5.41) is 5.89. The zero-order valence-electron chi connectivity index (χ0n) is 17.4. The van der Waals surface area contributed by atoms with Crippen molar-refractivity contribution in [2.24, 2.45) is 0 Å². The second kappa shape index (κ2) is 10.9. The number of aryl methyl sites for hydroxylation is 1. The van der Waals surface area contributed by atoms with E-state index in [2.05, 4.69) is 15.6 Å². The van der Waals surface area contributed by atoms with Gasteiger partial charge in [0.2, 0.25) is 11.8 Å². The first-order chi connectivity index (χ1) is 15.7. The van der Waals surface area contributed by atoms with Crippen LogP contribution in [0, 0.1) is 0 Å². The SMILES string of the molecule is O=C(CSc1nc2ccc(NC(=O)CCc3ccccc3)cc2s1)NCc1ccccc1. The lowest BCUT2D eigenvalue weighted by molar-refractivity contribution is -0.118. The van der Waals surface area contributed by atoms with Crippen LogP contribution in [0.5, 0.6) is 0 Å². The fourth-order valence-electron chi connectivity index (χ4n) is 3.14. The number of aromatic nitrogens is 1. The second-order valence-corrected chi connectivity index (χ2v) is 9.50. The van der Waals surface area contributed by atoms with Crippen molar-refractivity contribution in [2.75, 3.05) is 11.1 Å². The molecule has 0 spiro atoms. The smallest absolute Gasteiger partial charge is 0.230 e. The highest BCUT2D eigenvalue weighted by Crippen LogP contribution is 2.31. The Hall–Kier alpha value is -3.16. The number of hydrogen-bond donors (Lipinski definition) is 2. The minimum atomic E-state index is -0.0236. The number of amides is 2. The number of rotatable bonds is 9. The van der Waals surface area contributed by atoms with E-state index in [1.165, 1.54) is 23.1 Å². The number of fused-ring (bicyclic) bond motifs is 1. The minimum Gasteiger partial charge on any atom is -0.351 e. The van der Waals surface area contributed by atoms with E-state index in [0.29, 0.717) is 25.1 Å². The molecule has 0 saturated carbocycles. The first-order valence-electron chi connectivity index (χ1n) is 10.3. The van der Waals surface area contributed by atoms with Gasteiger partial charge in [-0.25, -0.2) is 4.98 Å². The molecule has 162 valence electrons. The third-order valence-corrected chi connectivity index (χ3v) is 6.96. The molecule has 0 fully saturated rings. The van der Waals surface area contributed by atoms with Crippen LogP contribution in [0.15, 0.2) is 83.2 Å². The number of nitrogens with zero attached hydrogens (tertiary/aromatic N) is 1. The van der Waals surface area contributed by atoms with Gasteiger partial charge in [-0.05, 0) is 35.7 Å². The molecule has 0 aliphatic carbocycles. The largest absolute Gasteiger partial charge is 0.351 e. The number of nitrogens with one attached hydrogen (secondary N) is 2. The number of thiazole rings is 1. The molecular weight excluding hydrogens is 438 g/mol. The Bertz CT molecular complexity index is 1190. The molecule has 3 aromatic carbocycles. The summed E-state index contributed by atoms with van der Waals surface area (Å²) in [7, 11) is 0. The van der Waals surface area contributed by atoms with Gasteiger partial charge in [0.05, 0.1) is 16.0 Å². The summed E-state index contributed by atoms with van der Waals surface area (Å²) in [5.41, 5.74) is 3.85. The third kappa shape index (κ3) is 6.42. The molecule has 2 amide bonds. The van der Waals surface area contributed by atoms with E-state index >= 15 is 0 Å². The van der Waals surface area contributed by atoms with Gasteiger partial charge in [-0.2, -0.15) is 0 Å². The van der Waals surface area contributed by atoms with Gasteiger partial charge in [-0.1, -0.05) is 72.4 Å². The molecule has 0 atom stereocenters. The minimum absolute atomic E-state index is 0.0117. The van der Waals surface area contributed by atoms with Gasteiger partial charge in [0.15, 0.2) is 4.34 Å². The molecule has 0 radical (unpaired) electrons. The summed E-state index contributed by atoms with van der Waals surface area (Å²) in [5.74, 6) is 0.280. The molecule has 0 bridgehead atoms. The van der Waals surface area contributed by atoms with Crippen molar-refractivity contribution in [2.45, 2.75) is 23.7 Å². The second-order valence-electron chi connectivity index (χ2n) is 7.25. The van der Waals surface area contributed by atoms with Gasteiger partial charge in [0.25, 0.3) is 0 Å². The quantitative estimate of drug-likeness (QED) is 0.333. The predicted molar refractivity (Wildman–Crippen MR) is 132 cm³/mol. The van der Waals surface area contributed by atoms with Crippen LogP contribution in [0.2, 0.25) is 0 Å². The van der Waals surface area contributed by atoms with Gasteiger partial charge in [-0.3, -0.25) is 9.59 Å². The van der Waals surface area contributed by atoms with Crippen molar-refractivity contribution in [1.82, 2.24) is 10.3 Å². The van der Waals surface area contributed by atoms with E-state index in [9.17, 15) is 9.59 Å². The van der Waals surface area contributed by atoms with Crippen LogP contribution >= 0.6 is 23.1 Å². The molecule has 5 nitrogen and oxygen atoms in total. The van der Waals surface area contributed by atoms with Crippen molar-refractivity contribution in [3.63, 3.8) is 0 Å². The third-order valence-electron chi connectivity index (χ3n) is 4.80. The monoisotopic (exact) mass is 461 g/mol. The number of anilines is 1. The van der Waals surface area contributed by atoms with Gasteiger partial charge >= 0.3 is 0 Å². The molecule has 2 N–H and O–H groups in total. The zero-order chi connectivity index (χ0) is 22.2. The lowest BCUT2D eigenvalue weighted by Gasteiger charge is -2.05. The number of carbonyl (C=O) groups excluding carboxylic acids is 2. The lowest BCUT2D eigenvalue weighted by Crippen LogP contribution is -2.24. The van der Waals surface area contributed by atoms with E-state index in [1.807, 2.05) is 78.9 Å². The fraction of sp³-hybridized carbons (Fsp3) is 0.160. The molecule has 0 saturated heterocycles. The Morgan fingerprint density at radius 3 is 2.34 bits per heavy atom. The molecule has 0 unspecified atom stereocenters. The van der Waals surface area contributed by atoms with Crippen molar-refractivity contribution in [3.05, 3.63) is 90.0 Å². The Morgan fingerprint density at radius 1 is 0.875 bits per heavy atom. The Labute approximate surface area is 195 Å². The summed E-state index contributed by atoms with van der Waals surface area (Å²) in [6.07, 6.45) is 1.15. The number of carbonyl (C=O) groups is 2. The molecule has 4 rings (SSSR count). The van der Waals surface area contributed by atoms with Crippen LogP contribution in [-0.2, 0) is 22.6 Å².